The second kappa shape index (κ2) is 6.27. The Labute approximate surface area is 141 Å². The number of carbonyl (C=O) groups excluding carboxylic acids is 2. The molecule has 2 amide bonds. The molecule has 1 fully saturated rings. The van der Waals surface area contributed by atoms with Crippen molar-refractivity contribution in [2.45, 2.75) is 18.5 Å². The van der Waals surface area contributed by atoms with Gasteiger partial charge in [-0.25, -0.2) is 0 Å². The third-order valence-corrected chi connectivity index (χ3v) is 4.27. The summed E-state index contributed by atoms with van der Waals surface area (Å²) in [6, 6.07) is 8.52. The molecule has 1 heterocycles. The van der Waals surface area contributed by atoms with Crippen LogP contribution in [0.3, 0.4) is 0 Å². The van der Waals surface area contributed by atoms with Crippen LogP contribution in [0.15, 0.2) is 42.6 Å². The number of carbonyl (C=O) groups is 2. The molecule has 0 saturated heterocycles. The number of nitrogens with zero attached hydrogens (tertiary/aromatic N) is 1. The predicted octanol–water partition coefficient (Wildman–Crippen LogP) is 2.61. The fraction of sp³-hybridized carbons (Fsp3) is 0.294. The van der Waals surface area contributed by atoms with Crippen LogP contribution < -0.4 is 10.9 Å². The fourth-order valence-electron chi connectivity index (χ4n) is 2.88. The van der Waals surface area contributed by atoms with Gasteiger partial charge in [0.15, 0.2) is 0 Å². The second-order valence-corrected chi connectivity index (χ2v) is 5.98. The Kier molecular flexibility index (Phi) is 4.28. The molecule has 3 rings (SSSR count). The molecule has 2 aromatic rings. The summed E-state index contributed by atoms with van der Waals surface area (Å²) in [5.41, 5.74) is 4.32. The summed E-state index contributed by atoms with van der Waals surface area (Å²) in [4.78, 5) is 24.0. The maximum absolute atomic E-state index is 13.1. The largest absolute Gasteiger partial charge is 0.416 e. The van der Waals surface area contributed by atoms with E-state index >= 15 is 0 Å². The van der Waals surface area contributed by atoms with Crippen molar-refractivity contribution in [3.8, 4) is 0 Å². The fourth-order valence-corrected chi connectivity index (χ4v) is 2.88. The molecule has 1 aromatic heterocycles. The lowest BCUT2D eigenvalue weighted by Crippen LogP contribution is -2.43. The summed E-state index contributed by atoms with van der Waals surface area (Å²) in [5.74, 6) is -2.07. The molecule has 0 bridgehead atoms. The number of alkyl halides is 3. The van der Waals surface area contributed by atoms with E-state index in [0.717, 1.165) is 6.07 Å². The van der Waals surface area contributed by atoms with Crippen molar-refractivity contribution >= 4 is 11.8 Å². The van der Waals surface area contributed by atoms with Gasteiger partial charge < -0.3 is 4.57 Å². The van der Waals surface area contributed by atoms with E-state index in [1.54, 1.807) is 29.9 Å². The van der Waals surface area contributed by atoms with E-state index in [2.05, 4.69) is 10.9 Å². The van der Waals surface area contributed by atoms with Crippen LogP contribution in [0.2, 0.25) is 0 Å². The zero-order valence-corrected chi connectivity index (χ0v) is 13.3. The summed E-state index contributed by atoms with van der Waals surface area (Å²) >= 11 is 0. The van der Waals surface area contributed by atoms with Gasteiger partial charge in [0.1, 0.15) is 5.69 Å². The maximum Gasteiger partial charge on any atom is 0.416 e. The normalized spacial score (nSPS) is 19.4. The minimum atomic E-state index is -4.46. The van der Waals surface area contributed by atoms with Gasteiger partial charge >= 0.3 is 6.18 Å². The van der Waals surface area contributed by atoms with Crippen LogP contribution in [0.25, 0.3) is 0 Å². The number of hydrazine groups is 1. The Bertz CT molecular complexity index is 813. The summed E-state index contributed by atoms with van der Waals surface area (Å²) < 4.78 is 40.7. The smallest absolute Gasteiger partial charge is 0.347 e. The topological polar surface area (TPSA) is 63.1 Å². The highest BCUT2D eigenvalue weighted by atomic mass is 19.4. The van der Waals surface area contributed by atoms with Gasteiger partial charge in [0, 0.05) is 19.2 Å². The zero-order valence-electron chi connectivity index (χ0n) is 13.3. The van der Waals surface area contributed by atoms with E-state index in [-0.39, 0.29) is 5.56 Å². The van der Waals surface area contributed by atoms with Crippen LogP contribution in [-0.4, -0.2) is 16.4 Å². The first-order valence-corrected chi connectivity index (χ1v) is 7.66. The molecule has 8 heteroatoms. The van der Waals surface area contributed by atoms with Crippen LogP contribution >= 0.6 is 0 Å². The molecular formula is C17H16F3N3O2. The average molecular weight is 351 g/mol. The summed E-state index contributed by atoms with van der Waals surface area (Å²) in [6.07, 6.45) is -2.46. The quantitative estimate of drug-likeness (QED) is 0.835. The van der Waals surface area contributed by atoms with Crippen molar-refractivity contribution in [2.75, 3.05) is 0 Å². The van der Waals surface area contributed by atoms with E-state index < -0.39 is 35.4 Å². The molecule has 0 unspecified atom stereocenters. The van der Waals surface area contributed by atoms with Crippen LogP contribution in [0.4, 0.5) is 13.2 Å². The molecule has 2 N–H and O–H groups in total. The first-order valence-electron chi connectivity index (χ1n) is 7.66. The number of benzene rings is 1. The monoisotopic (exact) mass is 351 g/mol. The van der Waals surface area contributed by atoms with E-state index in [1.165, 1.54) is 18.2 Å². The standard InChI is InChI=1S/C17H16F3N3O2/c1-23-8-4-7-14(23)16(25)22-21-15(24)12-9-11(12)10-5-2-3-6-13(10)17(18,19)20/h2-8,11-12H,9H2,1H3,(H,21,24)(H,22,25)/t11-,12-/m0/s1. The van der Waals surface area contributed by atoms with Crippen molar-refractivity contribution in [3.05, 3.63) is 59.4 Å². The molecule has 5 nitrogen and oxygen atoms in total. The molecule has 132 valence electrons. The number of halogens is 3. The van der Waals surface area contributed by atoms with E-state index in [1.807, 2.05) is 0 Å². The molecular weight excluding hydrogens is 335 g/mol. The number of hydrogen-bond acceptors (Lipinski definition) is 2. The third-order valence-electron chi connectivity index (χ3n) is 4.27. The van der Waals surface area contributed by atoms with Gasteiger partial charge in [-0.15, -0.1) is 0 Å². The number of nitrogens with one attached hydrogen (secondary N) is 2. The Morgan fingerprint density at radius 2 is 1.84 bits per heavy atom. The third kappa shape index (κ3) is 3.52. The van der Waals surface area contributed by atoms with Gasteiger partial charge in [-0.1, -0.05) is 18.2 Å². The number of aryl methyl sites for hydroxylation is 1. The molecule has 2 atom stereocenters. The first kappa shape index (κ1) is 17.1. The minimum Gasteiger partial charge on any atom is -0.347 e. The number of rotatable bonds is 3. The molecule has 1 aliphatic carbocycles. The predicted molar refractivity (Wildman–Crippen MR) is 83.3 cm³/mol. The van der Waals surface area contributed by atoms with E-state index in [0.29, 0.717) is 12.1 Å². The molecule has 1 aromatic carbocycles. The minimum absolute atomic E-state index is 0.115. The highest BCUT2D eigenvalue weighted by molar-refractivity contribution is 5.94. The summed E-state index contributed by atoms with van der Waals surface area (Å²) in [5, 5.41) is 0. The van der Waals surface area contributed by atoms with Crippen LogP contribution in [0.5, 0.6) is 0 Å². The SMILES string of the molecule is Cn1cccc1C(=O)NNC(=O)[C@H]1C[C@H]1c1ccccc1C(F)(F)F. The van der Waals surface area contributed by atoms with Crippen molar-refractivity contribution in [1.29, 1.82) is 0 Å². The molecule has 0 radical (unpaired) electrons. The van der Waals surface area contributed by atoms with Crippen molar-refractivity contribution in [1.82, 2.24) is 15.4 Å². The highest BCUT2D eigenvalue weighted by Crippen LogP contribution is 2.50. The maximum atomic E-state index is 13.1. The average Bonchev–Trinajstić information content (AvgIpc) is 3.25. The molecule has 1 aliphatic rings. The Balaban J connectivity index is 1.62. The van der Waals surface area contributed by atoms with Crippen LogP contribution in [0, 0.1) is 5.92 Å². The lowest BCUT2D eigenvalue weighted by molar-refractivity contribution is -0.138. The number of aromatic nitrogens is 1. The zero-order chi connectivity index (χ0) is 18.2. The Hall–Kier alpha value is -2.77. The molecule has 0 aliphatic heterocycles. The van der Waals surface area contributed by atoms with Crippen molar-refractivity contribution in [3.63, 3.8) is 0 Å². The second-order valence-electron chi connectivity index (χ2n) is 5.98. The summed E-state index contributed by atoms with van der Waals surface area (Å²) in [6.45, 7) is 0. The lowest BCUT2D eigenvalue weighted by atomic mass is 10.0. The number of hydrogen-bond donors (Lipinski definition) is 2. The molecule has 25 heavy (non-hydrogen) atoms. The van der Waals surface area contributed by atoms with Gasteiger partial charge in [0.25, 0.3) is 5.91 Å². The van der Waals surface area contributed by atoms with Crippen molar-refractivity contribution in [2.24, 2.45) is 13.0 Å². The van der Waals surface area contributed by atoms with E-state index in [9.17, 15) is 22.8 Å². The van der Waals surface area contributed by atoms with E-state index in [4.69, 9.17) is 0 Å². The lowest BCUT2D eigenvalue weighted by Gasteiger charge is -2.12. The molecule has 1 saturated carbocycles. The van der Waals surface area contributed by atoms with Gasteiger partial charge in [-0.2, -0.15) is 13.2 Å². The van der Waals surface area contributed by atoms with Gasteiger partial charge in [0.2, 0.25) is 5.91 Å². The van der Waals surface area contributed by atoms with Crippen LogP contribution in [-0.2, 0) is 18.0 Å². The Morgan fingerprint density at radius 1 is 1.12 bits per heavy atom. The summed E-state index contributed by atoms with van der Waals surface area (Å²) in [7, 11) is 1.68. The van der Waals surface area contributed by atoms with Crippen LogP contribution in [0.1, 0.15) is 34.0 Å². The highest BCUT2D eigenvalue weighted by Gasteiger charge is 2.47. The van der Waals surface area contributed by atoms with Gasteiger partial charge in [-0.05, 0) is 36.1 Å². The van der Waals surface area contributed by atoms with Gasteiger partial charge in [0.05, 0.1) is 5.56 Å². The van der Waals surface area contributed by atoms with Crippen molar-refractivity contribution < 1.29 is 22.8 Å². The van der Waals surface area contributed by atoms with Gasteiger partial charge in [-0.3, -0.25) is 20.4 Å². The number of amides is 2. The first-order chi connectivity index (χ1) is 11.8. The Morgan fingerprint density at radius 3 is 2.48 bits per heavy atom. The molecule has 0 spiro atoms.